The van der Waals surface area contributed by atoms with Gasteiger partial charge in [-0.15, -0.1) is 0 Å². The fraction of sp³-hybridized carbons (Fsp3) is 0.450. The molecule has 2 fully saturated rings. The molecule has 3 rings (SSSR count). The Morgan fingerprint density at radius 2 is 2.04 bits per heavy atom. The second kappa shape index (κ2) is 11.0. The molecule has 1 aromatic carbocycles. The van der Waals surface area contributed by atoms with Crippen LogP contribution in [0.2, 0.25) is 0 Å². The van der Waals surface area contributed by atoms with E-state index in [1.165, 1.54) is 23.5 Å². The lowest BCUT2D eigenvalue weighted by Gasteiger charge is -2.13. The van der Waals surface area contributed by atoms with Gasteiger partial charge >= 0.3 is 0 Å². The van der Waals surface area contributed by atoms with Gasteiger partial charge in [0, 0.05) is 30.5 Å². The Kier molecular flexibility index (Phi) is 8.36. The average molecular weight is 437 g/mol. The Bertz CT molecular complexity index is 733. The molecule has 28 heavy (non-hydrogen) atoms. The summed E-state index contributed by atoms with van der Waals surface area (Å²) in [6.07, 6.45) is 6.63. The maximum absolute atomic E-state index is 12.4. The van der Waals surface area contributed by atoms with E-state index in [2.05, 4.69) is 5.32 Å². The maximum atomic E-state index is 12.4. The van der Waals surface area contributed by atoms with E-state index in [1.807, 2.05) is 51.9 Å². The molecule has 0 radical (unpaired) electrons. The Morgan fingerprint density at radius 1 is 1.21 bits per heavy atom. The van der Waals surface area contributed by atoms with Gasteiger partial charge in [0.25, 0.3) is 11.1 Å². The minimum absolute atomic E-state index is 0.0137. The van der Waals surface area contributed by atoms with E-state index >= 15 is 0 Å². The first-order valence-electron chi connectivity index (χ1n) is 9.49. The predicted octanol–water partition coefficient (Wildman–Crippen LogP) is 4.55. The molecule has 3 amide bonds. The number of carbonyl (C=O) groups excluding carboxylic acids is 3. The topological polar surface area (TPSA) is 66.5 Å². The third-order valence-electron chi connectivity index (χ3n) is 4.54. The molecule has 1 aromatic rings. The van der Waals surface area contributed by atoms with E-state index in [-0.39, 0.29) is 23.6 Å². The lowest BCUT2D eigenvalue weighted by Crippen LogP contribution is -2.37. The second-order valence-corrected chi connectivity index (χ2v) is 10.4. The van der Waals surface area contributed by atoms with Crippen LogP contribution < -0.4 is 5.32 Å². The summed E-state index contributed by atoms with van der Waals surface area (Å²) in [7, 11) is 3.91. The van der Waals surface area contributed by atoms with E-state index in [1.54, 1.807) is 6.08 Å². The standard InChI is InChI=1S/C20H24N2O3S3/c23-18(9-5-4-8-16-10-13-26-28-16)21-11-12-22-19(24)17(27-20(22)25)14-15-6-2-1-3-7-15/h1-3,6-7,14,16H,4-5,8-13H2,(H,21,23)/b17-14-. The number of nitrogens with one attached hydrogen (secondary N) is 1. The zero-order chi connectivity index (χ0) is 19.8. The molecule has 0 aromatic heterocycles. The van der Waals surface area contributed by atoms with Gasteiger partial charge in [0.15, 0.2) is 0 Å². The highest BCUT2D eigenvalue weighted by Gasteiger charge is 2.34. The number of imide groups is 1. The van der Waals surface area contributed by atoms with Crippen molar-refractivity contribution in [1.82, 2.24) is 10.2 Å². The first kappa shape index (κ1) is 21.3. The fourth-order valence-corrected chi connectivity index (χ4v) is 6.90. The molecule has 2 aliphatic rings. The molecular formula is C20H24N2O3S3. The molecule has 8 heteroatoms. The molecule has 0 saturated carbocycles. The van der Waals surface area contributed by atoms with Gasteiger partial charge in [-0.1, -0.05) is 58.3 Å². The lowest BCUT2D eigenvalue weighted by atomic mass is 10.1. The SMILES string of the molecule is O=C(CCCCC1CCSS1)NCCN1C(=O)S/C(=C\c2ccccc2)C1=O. The van der Waals surface area contributed by atoms with Crippen LogP contribution in [0.3, 0.4) is 0 Å². The smallest absolute Gasteiger partial charge is 0.293 e. The molecule has 0 aliphatic carbocycles. The number of benzene rings is 1. The molecule has 0 spiro atoms. The van der Waals surface area contributed by atoms with Crippen LogP contribution in [0.15, 0.2) is 35.2 Å². The number of hydrogen-bond donors (Lipinski definition) is 1. The number of nitrogens with zero attached hydrogens (tertiary/aromatic N) is 1. The quantitative estimate of drug-likeness (QED) is 0.348. The largest absolute Gasteiger partial charge is 0.354 e. The number of unbranched alkanes of at least 4 members (excludes halogenated alkanes) is 1. The van der Waals surface area contributed by atoms with Gasteiger partial charge in [0.05, 0.1) is 4.91 Å². The lowest BCUT2D eigenvalue weighted by molar-refractivity contribution is -0.124. The van der Waals surface area contributed by atoms with Crippen molar-refractivity contribution in [1.29, 1.82) is 0 Å². The summed E-state index contributed by atoms with van der Waals surface area (Å²) < 4.78 is 0. The number of thioether (sulfide) groups is 1. The van der Waals surface area contributed by atoms with Crippen molar-refractivity contribution in [2.24, 2.45) is 0 Å². The molecule has 2 saturated heterocycles. The van der Waals surface area contributed by atoms with Crippen LogP contribution in [-0.2, 0) is 9.59 Å². The number of amides is 3. The summed E-state index contributed by atoms with van der Waals surface area (Å²) >= 11 is 0.946. The van der Waals surface area contributed by atoms with Crippen molar-refractivity contribution in [3.8, 4) is 0 Å². The summed E-state index contributed by atoms with van der Waals surface area (Å²) in [5.41, 5.74) is 0.885. The van der Waals surface area contributed by atoms with Crippen LogP contribution >= 0.6 is 33.3 Å². The van der Waals surface area contributed by atoms with Gasteiger partial charge in [-0.2, -0.15) is 0 Å². The third-order valence-corrected chi connectivity index (χ3v) is 8.45. The molecule has 150 valence electrons. The fourth-order valence-electron chi connectivity index (χ4n) is 3.01. The Hall–Kier alpha value is -1.38. The molecule has 1 N–H and O–H groups in total. The van der Waals surface area contributed by atoms with Crippen molar-refractivity contribution in [2.45, 2.75) is 37.4 Å². The van der Waals surface area contributed by atoms with Gasteiger partial charge in [-0.3, -0.25) is 19.3 Å². The van der Waals surface area contributed by atoms with E-state index in [0.29, 0.717) is 17.9 Å². The van der Waals surface area contributed by atoms with Crippen LogP contribution in [0.25, 0.3) is 6.08 Å². The van der Waals surface area contributed by atoms with Crippen molar-refractivity contribution in [3.05, 3.63) is 40.8 Å². The molecular weight excluding hydrogens is 412 g/mol. The van der Waals surface area contributed by atoms with Crippen LogP contribution in [-0.4, -0.2) is 46.0 Å². The highest BCUT2D eigenvalue weighted by Crippen LogP contribution is 2.39. The van der Waals surface area contributed by atoms with Crippen LogP contribution in [0.5, 0.6) is 0 Å². The molecule has 2 heterocycles. The first-order chi connectivity index (χ1) is 13.6. The summed E-state index contributed by atoms with van der Waals surface area (Å²) in [5.74, 6) is 0.935. The third kappa shape index (κ3) is 6.32. The van der Waals surface area contributed by atoms with Crippen molar-refractivity contribution in [3.63, 3.8) is 0 Å². The minimum Gasteiger partial charge on any atom is -0.354 e. The minimum atomic E-state index is -0.292. The molecule has 1 atom stereocenters. The zero-order valence-corrected chi connectivity index (χ0v) is 18.0. The van der Waals surface area contributed by atoms with Crippen LogP contribution in [0, 0.1) is 0 Å². The van der Waals surface area contributed by atoms with Crippen molar-refractivity contribution >= 4 is 56.5 Å². The van der Waals surface area contributed by atoms with E-state index in [9.17, 15) is 14.4 Å². The summed E-state index contributed by atoms with van der Waals surface area (Å²) in [4.78, 5) is 38.1. The van der Waals surface area contributed by atoms with Gasteiger partial charge in [-0.25, -0.2) is 0 Å². The van der Waals surface area contributed by atoms with E-state index in [4.69, 9.17) is 0 Å². The van der Waals surface area contributed by atoms with E-state index < -0.39 is 0 Å². The molecule has 1 unspecified atom stereocenters. The number of hydrogen-bond acceptors (Lipinski definition) is 6. The highest BCUT2D eigenvalue weighted by atomic mass is 33.1. The molecule has 0 bridgehead atoms. The zero-order valence-electron chi connectivity index (χ0n) is 15.6. The van der Waals surface area contributed by atoms with Gasteiger partial charge < -0.3 is 5.32 Å². The predicted molar refractivity (Wildman–Crippen MR) is 119 cm³/mol. The van der Waals surface area contributed by atoms with Gasteiger partial charge in [0.2, 0.25) is 5.91 Å². The Balaban J connectivity index is 1.36. The van der Waals surface area contributed by atoms with Gasteiger partial charge in [0.1, 0.15) is 0 Å². The number of rotatable bonds is 9. The maximum Gasteiger partial charge on any atom is 0.293 e. The monoisotopic (exact) mass is 436 g/mol. The first-order valence-corrected chi connectivity index (χ1v) is 12.7. The Morgan fingerprint density at radius 3 is 2.79 bits per heavy atom. The Labute approximate surface area is 177 Å². The normalized spacial score (nSPS) is 20.9. The van der Waals surface area contributed by atoms with Crippen molar-refractivity contribution in [2.75, 3.05) is 18.8 Å². The summed E-state index contributed by atoms with van der Waals surface area (Å²) in [5, 5.41) is 3.28. The number of carbonyl (C=O) groups is 3. The molecule has 5 nitrogen and oxygen atoms in total. The molecule has 2 aliphatic heterocycles. The van der Waals surface area contributed by atoms with Crippen LogP contribution in [0.4, 0.5) is 4.79 Å². The van der Waals surface area contributed by atoms with Gasteiger partial charge in [-0.05, 0) is 42.7 Å². The van der Waals surface area contributed by atoms with Crippen molar-refractivity contribution < 1.29 is 14.4 Å². The highest BCUT2D eigenvalue weighted by molar-refractivity contribution is 8.77. The van der Waals surface area contributed by atoms with E-state index in [0.717, 1.165) is 35.4 Å². The summed E-state index contributed by atoms with van der Waals surface area (Å²) in [6.45, 7) is 0.503. The summed E-state index contributed by atoms with van der Waals surface area (Å²) in [6, 6.07) is 9.45. The average Bonchev–Trinajstić information content (AvgIpc) is 3.30. The van der Waals surface area contributed by atoms with Crippen LogP contribution in [0.1, 0.15) is 37.7 Å². The second-order valence-electron chi connectivity index (χ2n) is 6.67.